The molecule has 0 radical (unpaired) electrons. The predicted molar refractivity (Wildman–Crippen MR) is 73.4 cm³/mol. The molecule has 0 bridgehead atoms. The molecule has 1 aromatic rings. The van der Waals surface area contributed by atoms with Crippen molar-refractivity contribution in [1.29, 1.82) is 0 Å². The van der Waals surface area contributed by atoms with Crippen molar-refractivity contribution in [2.24, 2.45) is 5.92 Å². The van der Waals surface area contributed by atoms with Crippen LogP contribution in [0.3, 0.4) is 0 Å². The minimum Gasteiger partial charge on any atom is -0.387 e. The Hall–Kier alpha value is -1.25. The lowest BCUT2D eigenvalue weighted by Gasteiger charge is -2.29. The van der Waals surface area contributed by atoms with E-state index in [0.717, 1.165) is 17.3 Å². The van der Waals surface area contributed by atoms with Crippen LogP contribution < -0.4 is 10.6 Å². The monoisotopic (exact) mass is 233 g/mol. The highest BCUT2D eigenvalue weighted by atomic mass is 14.9. The van der Waals surface area contributed by atoms with Crippen LogP contribution >= 0.6 is 0 Å². The number of nitrogens with zero attached hydrogens (tertiary/aromatic N) is 1. The van der Waals surface area contributed by atoms with Crippen molar-refractivity contribution >= 4 is 11.4 Å². The number of rotatable bonds is 4. The van der Waals surface area contributed by atoms with E-state index in [1.807, 2.05) is 19.4 Å². The molecule has 1 aliphatic rings. The van der Waals surface area contributed by atoms with Gasteiger partial charge >= 0.3 is 0 Å². The quantitative estimate of drug-likeness (QED) is 0.835. The van der Waals surface area contributed by atoms with Crippen LogP contribution in [-0.2, 0) is 0 Å². The van der Waals surface area contributed by atoms with E-state index in [9.17, 15) is 0 Å². The molecule has 1 saturated carbocycles. The molecule has 1 heterocycles. The third kappa shape index (κ3) is 3.35. The van der Waals surface area contributed by atoms with Crippen LogP contribution in [0.15, 0.2) is 18.5 Å². The molecule has 0 saturated heterocycles. The minimum absolute atomic E-state index is 0.631. The maximum absolute atomic E-state index is 4.23. The SMILES string of the molecule is CCC1CCC(Nc2cncc(NC)c2)CC1. The van der Waals surface area contributed by atoms with Crippen molar-refractivity contribution in [2.45, 2.75) is 45.1 Å². The molecule has 94 valence electrons. The first kappa shape index (κ1) is 12.2. The fraction of sp³-hybridized carbons (Fsp3) is 0.643. The van der Waals surface area contributed by atoms with Crippen LogP contribution in [0.5, 0.6) is 0 Å². The van der Waals surface area contributed by atoms with Crippen LogP contribution in [0.25, 0.3) is 0 Å². The molecule has 0 aliphatic heterocycles. The number of nitrogens with one attached hydrogen (secondary N) is 2. The highest BCUT2D eigenvalue weighted by molar-refractivity contribution is 5.54. The maximum Gasteiger partial charge on any atom is 0.0549 e. The zero-order valence-electron chi connectivity index (χ0n) is 10.9. The molecule has 0 amide bonds. The molecule has 2 rings (SSSR count). The van der Waals surface area contributed by atoms with Gasteiger partial charge in [-0.1, -0.05) is 13.3 Å². The summed E-state index contributed by atoms with van der Waals surface area (Å²) in [4.78, 5) is 4.23. The second-order valence-corrected chi connectivity index (χ2v) is 4.98. The average molecular weight is 233 g/mol. The zero-order chi connectivity index (χ0) is 12.1. The number of hydrogen-bond donors (Lipinski definition) is 2. The standard InChI is InChI=1S/C14H23N3/c1-3-11-4-6-12(7-5-11)17-14-8-13(15-2)9-16-10-14/h8-12,15,17H,3-7H2,1-2H3. The molecule has 2 N–H and O–H groups in total. The van der Waals surface area contributed by atoms with Crippen LogP contribution in [-0.4, -0.2) is 18.1 Å². The van der Waals surface area contributed by atoms with Gasteiger partial charge in [-0.15, -0.1) is 0 Å². The summed E-state index contributed by atoms with van der Waals surface area (Å²) in [5.41, 5.74) is 2.20. The Morgan fingerprint density at radius 3 is 2.53 bits per heavy atom. The van der Waals surface area contributed by atoms with Gasteiger partial charge in [0, 0.05) is 13.1 Å². The third-order valence-electron chi connectivity index (χ3n) is 3.82. The maximum atomic E-state index is 4.23. The van der Waals surface area contributed by atoms with Gasteiger partial charge in [0.1, 0.15) is 0 Å². The summed E-state index contributed by atoms with van der Waals surface area (Å²) in [7, 11) is 1.92. The molecule has 0 atom stereocenters. The smallest absolute Gasteiger partial charge is 0.0549 e. The topological polar surface area (TPSA) is 37.0 Å². The lowest BCUT2D eigenvalue weighted by Crippen LogP contribution is -2.25. The Labute approximate surface area is 104 Å². The number of anilines is 2. The van der Waals surface area contributed by atoms with E-state index in [1.54, 1.807) is 0 Å². The first-order chi connectivity index (χ1) is 8.31. The van der Waals surface area contributed by atoms with Crippen molar-refractivity contribution in [1.82, 2.24) is 4.98 Å². The first-order valence-corrected chi connectivity index (χ1v) is 6.71. The van der Waals surface area contributed by atoms with E-state index in [2.05, 4.69) is 28.6 Å². The Bertz CT molecular complexity index is 343. The molecule has 0 unspecified atom stereocenters. The second-order valence-electron chi connectivity index (χ2n) is 4.98. The summed E-state index contributed by atoms with van der Waals surface area (Å²) in [6, 6.07) is 2.76. The van der Waals surface area contributed by atoms with Gasteiger partial charge in [-0.05, 0) is 37.7 Å². The summed E-state index contributed by atoms with van der Waals surface area (Å²) < 4.78 is 0. The Kier molecular flexibility index (Phi) is 4.24. The Morgan fingerprint density at radius 1 is 1.18 bits per heavy atom. The summed E-state index contributed by atoms with van der Waals surface area (Å²) in [6.45, 7) is 2.30. The van der Waals surface area contributed by atoms with Gasteiger partial charge < -0.3 is 10.6 Å². The van der Waals surface area contributed by atoms with E-state index >= 15 is 0 Å². The summed E-state index contributed by atoms with van der Waals surface area (Å²) >= 11 is 0. The molecule has 3 heteroatoms. The molecule has 1 aliphatic carbocycles. The first-order valence-electron chi connectivity index (χ1n) is 6.71. The molecular formula is C14H23N3. The van der Waals surface area contributed by atoms with Gasteiger partial charge in [-0.2, -0.15) is 0 Å². The lowest BCUT2D eigenvalue weighted by molar-refractivity contribution is 0.330. The normalized spacial score (nSPS) is 24.4. The Morgan fingerprint density at radius 2 is 1.88 bits per heavy atom. The number of hydrogen-bond acceptors (Lipinski definition) is 3. The molecular weight excluding hydrogens is 210 g/mol. The van der Waals surface area contributed by atoms with Crippen molar-refractivity contribution in [3.05, 3.63) is 18.5 Å². The number of aromatic nitrogens is 1. The predicted octanol–water partition coefficient (Wildman–Crippen LogP) is 3.50. The molecule has 1 aromatic heterocycles. The second kappa shape index (κ2) is 5.89. The summed E-state index contributed by atoms with van der Waals surface area (Å²) in [5, 5.41) is 6.72. The van der Waals surface area contributed by atoms with Gasteiger partial charge in [0.2, 0.25) is 0 Å². The van der Waals surface area contributed by atoms with Crippen molar-refractivity contribution in [3.63, 3.8) is 0 Å². The molecule has 0 aromatic carbocycles. The van der Waals surface area contributed by atoms with Gasteiger partial charge in [-0.25, -0.2) is 0 Å². The largest absolute Gasteiger partial charge is 0.387 e. The van der Waals surface area contributed by atoms with Crippen LogP contribution in [0, 0.1) is 5.92 Å². The molecule has 0 spiro atoms. The fourth-order valence-corrected chi connectivity index (χ4v) is 2.61. The van der Waals surface area contributed by atoms with E-state index in [1.165, 1.54) is 32.1 Å². The van der Waals surface area contributed by atoms with Crippen molar-refractivity contribution < 1.29 is 0 Å². The van der Waals surface area contributed by atoms with Crippen molar-refractivity contribution in [2.75, 3.05) is 17.7 Å². The minimum atomic E-state index is 0.631. The van der Waals surface area contributed by atoms with Gasteiger partial charge in [0.05, 0.1) is 23.8 Å². The highest BCUT2D eigenvalue weighted by Crippen LogP contribution is 2.28. The summed E-state index contributed by atoms with van der Waals surface area (Å²) in [5.74, 6) is 0.954. The van der Waals surface area contributed by atoms with E-state index in [-0.39, 0.29) is 0 Å². The zero-order valence-corrected chi connectivity index (χ0v) is 10.9. The van der Waals surface area contributed by atoms with Crippen LogP contribution in [0.2, 0.25) is 0 Å². The molecule has 3 nitrogen and oxygen atoms in total. The molecule has 1 fully saturated rings. The van der Waals surface area contributed by atoms with Gasteiger partial charge in [-0.3, -0.25) is 4.98 Å². The number of pyridine rings is 1. The Balaban J connectivity index is 1.88. The third-order valence-corrected chi connectivity index (χ3v) is 3.82. The average Bonchev–Trinajstić information content (AvgIpc) is 2.40. The van der Waals surface area contributed by atoms with E-state index in [0.29, 0.717) is 6.04 Å². The fourth-order valence-electron chi connectivity index (χ4n) is 2.61. The highest BCUT2D eigenvalue weighted by Gasteiger charge is 2.19. The van der Waals surface area contributed by atoms with Crippen LogP contribution in [0.4, 0.5) is 11.4 Å². The van der Waals surface area contributed by atoms with E-state index < -0.39 is 0 Å². The summed E-state index contributed by atoms with van der Waals surface area (Å²) in [6.07, 6.45) is 10.4. The van der Waals surface area contributed by atoms with Crippen LogP contribution in [0.1, 0.15) is 39.0 Å². The van der Waals surface area contributed by atoms with Crippen molar-refractivity contribution in [3.8, 4) is 0 Å². The van der Waals surface area contributed by atoms with E-state index in [4.69, 9.17) is 0 Å². The lowest BCUT2D eigenvalue weighted by atomic mass is 9.84. The van der Waals surface area contributed by atoms with Gasteiger partial charge in [0.25, 0.3) is 0 Å². The van der Waals surface area contributed by atoms with Gasteiger partial charge in [0.15, 0.2) is 0 Å². The molecule has 17 heavy (non-hydrogen) atoms.